The van der Waals surface area contributed by atoms with Gasteiger partial charge in [-0.15, -0.1) is 144 Å². The van der Waals surface area contributed by atoms with Gasteiger partial charge in [-0.3, -0.25) is 0 Å². The molecule has 33 heteroatoms. The minimum Gasteiger partial charge on any atom is -0.200 e. The zero-order valence-corrected chi connectivity index (χ0v) is 81.7. The summed E-state index contributed by atoms with van der Waals surface area (Å²) in [6.07, 6.45) is -35.2. The first-order valence-electron chi connectivity index (χ1n) is 41.2. The van der Waals surface area contributed by atoms with Gasteiger partial charge in [0.25, 0.3) is 0 Å². The first kappa shape index (κ1) is 104. The molecule has 0 amide bonds. The Bertz CT molecular complexity index is 8040. The Morgan fingerprint density at radius 1 is 0.200 bits per heavy atom. The molecule has 140 heavy (non-hydrogen) atoms. The van der Waals surface area contributed by atoms with E-state index in [4.69, 9.17) is 0 Å². The van der Waals surface area contributed by atoms with Crippen molar-refractivity contribution in [2.45, 2.75) is 70.9 Å². The number of hydrogen-bond acceptors (Lipinski definition) is 8. The normalized spacial score (nSPS) is 11.9. The molecule has 4 heterocycles. The summed E-state index contributed by atoms with van der Waals surface area (Å²) < 4.78 is 287. The summed E-state index contributed by atoms with van der Waals surface area (Å²) in [7, 11) is 0. The SMILES string of the molecule is Cc1cc(-c2nnc(-c3[c-]cccc3)c3cc4ccccc4cc23)c(C(F)(F)F)c(C(F)(F)F)c1.Cc1cc(-c2nnc(-c3[c-]cccc3)c3cc4ccccc4cc23)c(C(F)(F)F)cc1C(F)(F)F.Cc1cc(-c2nnc(-c3[c-]cccc3)c3cc4ccccc4cc23)cc(C(F)(F)F)c1C(F)(F)F.Cc1cc(C(F)(F)F)ccc1-c1nnc(-c2[c-]cccc2)c2cc3ccccc3cc12.[Ir].[Ir].[Ir].[Ir]. The van der Waals surface area contributed by atoms with Crippen molar-refractivity contribution in [3.63, 3.8) is 0 Å². The molecule has 16 aromatic carbocycles. The standard InChI is InChI=1S/3C27H15F6N2.C26H16F3N2.4Ir/c1-15-11-21(23(27(31,32)33)14-22(15)26(28,29)30)25-20-13-18-10-6-5-9-17(18)12-19(20)24(34-35-25)16-7-3-2-4-8-16;1-15-11-19(14-22(26(28,29)30)23(15)27(31,32)33)25-21-13-18-10-6-5-9-17(18)12-20(21)24(34-35-25)16-7-3-2-4-8-16;1-15-11-21(23(27(31,32)33)22(12-15)26(28,29)30)25-20-14-18-10-6-5-9-17(18)13-19(20)24(34-35-25)16-7-3-2-4-8-16;1-16-13-20(26(27,28)29)11-12-21(16)25-23-15-19-10-6-5-9-18(19)14-22(23)24(30-31-25)17-7-3-2-4-8-17;;;;/h3*2-7,9-14H,1H3;2-7,9-15H,1H3;;;;/q4*-1;;;;. The molecule has 8 nitrogen and oxygen atoms in total. The molecular weight excluding hydrogens is 2570 g/mol. The second kappa shape index (κ2) is 41.1. The van der Waals surface area contributed by atoms with Crippen LogP contribution in [-0.2, 0) is 124 Å². The van der Waals surface area contributed by atoms with Gasteiger partial charge in [0.2, 0.25) is 0 Å². The maximum absolute atomic E-state index is 14.1. The maximum Gasteiger partial charge on any atom is 0.417 e. The van der Waals surface area contributed by atoms with Gasteiger partial charge in [0.1, 0.15) is 0 Å². The van der Waals surface area contributed by atoms with E-state index in [1.54, 1.807) is 134 Å². The number of aryl methyl sites for hydroxylation is 4. The fraction of sp³-hybridized carbons (Fsp3) is 0.103. The van der Waals surface area contributed by atoms with Gasteiger partial charge < -0.3 is 0 Å². The van der Waals surface area contributed by atoms with E-state index in [9.17, 15) is 92.2 Å². The monoisotopic (exact) mass is 2630 g/mol. The molecule has 0 saturated carbocycles. The van der Waals surface area contributed by atoms with Crippen LogP contribution < -0.4 is 0 Å². The van der Waals surface area contributed by atoms with Crippen LogP contribution in [0.4, 0.5) is 92.2 Å². The van der Waals surface area contributed by atoms with Gasteiger partial charge in [0.05, 0.1) is 61.7 Å². The third-order valence-electron chi connectivity index (χ3n) is 22.8. The summed E-state index contributed by atoms with van der Waals surface area (Å²) >= 11 is 0. The molecule has 0 N–H and O–H groups in total. The summed E-state index contributed by atoms with van der Waals surface area (Å²) in [5.74, 6) is 0. The van der Waals surface area contributed by atoms with E-state index in [-0.39, 0.29) is 126 Å². The Kier molecular flexibility index (Phi) is 30.6. The number of alkyl halides is 21. The molecule has 0 saturated heterocycles. The molecule has 4 radical (unpaired) electrons. The molecular formula is C107H61F21Ir4N8-4. The number of fused-ring (bicyclic) bond motifs is 8. The molecule has 0 aliphatic rings. The summed E-state index contributed by atoms with van der Waals surface area (Å²) in [6, 6.07) is 93.1. The van der Waals surface area contributed by atoms with Crippen LogP contribution in [0.3, 0.4) is 0 Å². The van der Waals surface area contributed by atoms with E-state index in [2.05, 4.69) is 71.1 Å². The molecule has 20 rings (SSSR count). The largest absolute Gasteiger partial charge is 0.417 e. The molecule has 4 aromatic heterocycles. The Hall–Kier alpha value is -13.0. The summed E-state index contributed by atoms with van der Waals surface area (Å²) in [5.41, 5.74) is -6.64. The Labute approximate surface area is 837 Å². The predicted molar refractivity (Wildman–Crippen MR) is 481 cm³/mol. The van der Waals surface area contributed by atoms with E-state index in [0.29, 0.717) is 101 Å². The minimum atomic E-state index is -5.27. The van der Waals surface area contributed by atoms with Gasteiger partial charge in [0.15, 0.2) is 0 Å². The second-order valence-corrected chi connectivity index (χ2v) is 31.9. The van der Waals surface area contributed by atoms with Gasteiger partial charge in [-0.05, 0) is 187 Å². The smallest absolute Gasteiger partial charge is 0.200 e. The number of halogens is 21. The third kappa shape index (κ3) is 21.7. The van der Waals surface area contributed by atoms with Crippen LogP contribution in [0.2, 0.25) is 0 Å². The van der Waals surface area contributed by atoms with E-state index in [0.717, 1.165) is 98.2 Å². The molecule has 716 valence electrons. The molecule has 0 aliphatic heterocycles. The van der Waals surface area contributed by atoms with Crippen molar-refractivity contribution in [3.8, 4) is 90.1 Å². The molecule has 0 fully saturated rings. The van der Waals surface area contributed by atoms with Crippen molar-refractivity contribution in [2.75, 3.05) is 0 Å². The summed E-state index contributed by atoms with van der Waals surface area (Å²) in [6.45, 7) is 5.12. The van der Waals surface area contributed by atoms with Gasteiger partial charge in [0, 0.05) is 147 Å². The fourth-order valence-corrected chi connectivity index (χ4v) is 16.7. The summed E-state index contributed by atoms with van der Waals surface area (Å²) in [5, 5.41) is 45.2. The Morgan fingerprint density at radius 2 is 0.486 bits per heavy atom. The quantitative estimate of drug-likeness (QED) is 0.0842. The van der Waals surface area contributed by atoms with Crippen LogP contribution in [0.5, 0.6) is 0 Å². The number of benzene rings is 16. The average molecular weight is 2630 g/mol. The molecule has 20 aromatic rings. The number of rotatable bonds is 8. The predicted octanol–water partition coefficient (Wildman–Crippen LogP) is 32.0. The zero-order valence-electron chi connectivity index (χ0n) is 72.1. The first-order valence-corrected chi connectivity index (χ1v) is 41.2. The van der Waals surface area contributed by atoms with Gasteiger partial charge in [-0.2, -0.15) is 133 Å². The van der Waals surface area contributed by atoms with Crippen LogP contribution in [0.15, 0.2) is 297 Å². The van der Waals surface area contributed by atoms with Crippen LogP contribution in [0, 0.1) is 52.0 Å². The van der Waals surface area contributed by atoms with Crippen molar-refractivity contribution in [1.29, 1.82) is 0 Å². The van der Waals surface area contributed by atoms with Crippen molar-refractivity contribution in [3.05, 3.63) is 383 Å². The van der Waals surface area contributed by atoms with Gasteiger partial charge in [-0.25, -0.2) is 0 Å². The van der Waals surface area contributed by atoms with E-state index in [1.165, 1.54) is 13.0 Å². The van der Waals surface area contributed by atoms with Crippen molar-refractivity contribution in [2.24, 2.45) is 0 Å². The van der Waals surface area contributed by atoms with Crippen molar-refractivity contribution in [1.82, 2.24) is 40.8 Å². The third-order valence-corrected chi connectivity index (χ3v) is 22.8. The van der Waals surface area contributed by atoms with Crippen LogP contribution in [-0.4, -0.2) is 40.8 Å². The maximum atomic E-state index is 14.1. The fourth-order valence-electron chi connectivity index (χ4n) is 16.7. The van der Waals surface area contributed by atoms with Crippen molar-refractivity contribution < 1.29 is 173 Å². The number of hydrogen-bond donors (Lipinski definition) is 0. The first-order chi connectivity index (χ1) is 64.5. The number of nitrogens with zero attached hydrogens (tertiary/aromatic N) is 8. The van der Waals surface area contributed by atoms with Gasteiger partial charge >= 0.3 is 43.2 Å². The van der Waals surface area contributed by atoms with E-state index in [1.807, 2.05) is 109 Å². The second-order valence-electron chi connectivity index (χ2n) is 31.9. The molecule has 0 atom stereocenters. The number of aromatic nitrogens is 8. The Balaban J connectivity index is 0.000000156. The van der Waals surface area contributed by atoms with Crippen LogP contribution in [0.25, 0.3) is 176 Å². The van der Waals surface area contributed by atoms with Crippen LogP contribution >= 0.6 is 0 Å². The van der Waals surface area contributed by atoms with Gasteiger partial charge in [-0.1, -0.05) is 127 Å². The van der Waals surface area contributed by atoms with E-state index >= 15 is 0 Å². The average Bonchev–Trinajstić information content (AvgIpc) is 0.742. The van der Waals surface area contributed by atoms with Crippen LogP contribution in [0.1, 0.15) is 61.2 Å². The zero-order chi connectivity index (χ0) is 96.5. The molecule has 0 unspecified atom stereocenters. The Morgan fingerprint density at radius 3 is 0.786 bits per heavy atom. The summed E-state index contributed by atoms with van der Waals surface area (Å²) in [4.78, 5) is 0. The minimum absolute atomic E-state index is 0. The molecule has 0 bridgehead atoms. The molecule has 0 aliphatic carbocycles. The topological polar surface area (TPSA) is 103 Å². The van der Waals surface area contributed by atoms with Crippen molar-refractivity contribution >= 4 is 86.2 Å². The molecule has 0 spiro atoms. The van der Waals surface area contributed by atoms with E-state index < -0.39 is 98.9 Å².